The van der Waals surface area contributed by atoms with Crippen LogP contribution in [-0.4, -0.2) is 31.4 Å². The summed E-state index contributed by atoms with van der Waals surface area (Å²) in [4.78, 5) is 38.1. The lowest BCUT2D eigenvalue weighted by Gasteiger charge is -2.12. The van der Waals surface area contributed by atoms with Gasteiger partial charge in [-0.25, -0.2) is 4.68 Å². The Morgan fingerprint density at radius 3 is 2.33 bits per heavy atom. The van der Waals surface area contributed by atoms with Crippen molar-refractivity contribution < 1.29 is 9.59 Å². The monoisotopic (exact) mass is 444 g/mol. The van der Waals surface area contributed by atoms with E-state index in [0.717, 1.165) is 16.8 Å². The summed E-state index contributed by atoms with van der Waals surface area (Å²) in [6.07, 6.45) is 2.56. The Kier molecular flexibility index (Phi) is 6.30. The first kappa shape index (κ1) is 21.9. The lowest BCUT2D eigenvalue weighted by atomic mass is 10.1. The molecule has 0 radical (unpaired) electrons. The molecular formula is C24H24N6O3. The molecule has 9 heteroatoms. The average molecular weight is 444 g/mol. The van der Waals surface area contributed by atoms with Gasteiger partial charge in [0.05, 0.1) is 17.6 Å². The maximum absolute atomic E-state index is 12.9. The van der Waals surface area contributed by atoms with Crippen molar-refractivity contribution in [3.05, 3.63) is 93.7 Å². The Bertz CT molecular complexity index is 1370. The lowest BCUT2D eigenvalue weighted by Crippen LogP contribution is -2.43. The zero-order valence-corrected chi connectivity index (χ0v) is 18.4. The van der Waals surface area contributed by atoms with Crippen molar-refractivity contribution in [1.29, 1.82) is 0 Å². The molecule has 4 aromatic rings. The second kappa shape index (κ2) is 9.47. The summed E-state index contributed by atoms with van der Waals surface area (Å²) in [6.45, 7) is 2.11. The van der Waals surface area contributed by atoms with E-state index in [2.05, 4.69) is 21.0 Å². The van der Waals surface area contributed by atoms with Crippen molar-refractivity contribution in [3.8, 4) is 0 Å². The van der Waals surface area contributed by atoms with Crippen LogP contribution in [-0.2, 0) is 24.8 Å². The van der Waals surface area contributed by atoms with Crippen LogP contribution in [0.15, 0.2) is 65.6 Å². The molecule has 0 bridgehead atoms. The number of aromatic nitrogens is 4. The summed E-state index contributed by atoms with van der Waals surface area (Å²) in [7, 11) is 1.82. The standard InChI is InChI=1S/C24H24N6O3/c1-16-18(15-29(2)27-16)12-13-21(31)25-26-23(32)22-19-10-6-7-11-20(19)24(33)30(28-22)14-17-8-4-3-5-9-17/h3-11,15H,12-14H2,1-2H3,(H,25,31)(H,26,32). The van der Waals surface area contributed by atoms with Gasteiger partial charge in [-0.15, -0.1) is 0 Å². The van der Waals surface area contributed by atoms with E-state index in [4.69, 9.17) is 0 Å². The van der Waals surface area contributed by atoms with Crippen LogP contribution < -0.4 is 16.4 Å². The quantitative estimate of drug-likeness (QED) is 0.441. The zero-order chi connectivity index (χ0) is 23.4. The highest BCUT2D eigenvalue weighted by Crippen LogP contribution is 2.14. The van der Waals surface area contributed by atoms with E-state index >= 15 is 0 Å². The van der Waals surface area contributed by atoms with Crippen molar-refractivity contribution in [2.75, 3.05) is 0 Å². The molecular weight excluding hydrogens is 420 g/mol. The minimum Gasteiger partial charge on any atom is -0.275 e. The van der Waals surface area contributed by atoms with Crippen LogP contribution in [0.4, 0.5) is 0 Å². The maximum Gasteiger partial charge on any atom is 0.290 e. The van der Waals surface area contributed by atoms with Gasteiger partial charge in [0.1, 0.15) is 0 Å². The second-order valence-electron chi connectivity index (χ2n) is 7.76. The first-order valence-corrected chi connectivity index (χ1v) is 10.5. The van der Waals surface area contributed by atoms with Gasteiger partial charge in [0, 0.05) is 25.1 Å². The fourth-order valence-electron chi connectivity index (χ4n) is 3.66. The number of benzene rings is 2. The van der Waals surface area contributed by atoms with Gasteiger partial charge in [-0.3, -0.25) is 29.9 Å². The normalized spacial score (nSPS) is 10.8. The summed E-state index contributed by atoms with van der Waals surface area (Å²) in [5.41, 5.74) is 7.34. The molecule has 0 saturated heterocycles. The average Bonchev–Trinajstić information content (AvgIpc) is 3.15. The Hall–Kier alpha value is -4.27. The van der Waals surface area contributed by atoms with Crippen molar-refractivity contribution in [3.63, 3.8) is 0 Å². The fourth-order valence-corrected chi connectivity index (χ4v) is 3.66. The number of carbonyl (C=O) groups excluding carboxylic acids is 2. The SMILES string of the molecule is Cc1nn(C)cc1CCC(=O)NNC(=O)c1nn(Cc2ccccc2)c(=O)c2ccccc12. The van der Waals surface area contributed by atoms with Crippen LogP contribution in [0.1, 0.15) is 33.7 Å². The van der Waals surface area contributed by atoms with E-state index in [1.54, 1.807) is 28.9 Å². The predicted octanol–water partition coefficient (Wildman–Crippen LogP) is 1.88. The third-order valence-electron chi connectivity index (χ3n) is 5.31. The smallest absolute Gasteiger partial charge is 0.275 e. The summed E-state index contributed by atoms with van der Waals surface area (Å²) in [6, 6.07) is 16.2. The molecule has 0 spiro atoms. The Morgan fingerprint density at radius 1 is 0.939 bits per heavy atom. The number of nitrogens with zero attached hydrogens (tertiary/aromatic N) is 4. The summed E-state index contributed by atoms with van der Waals surface area (Å²) in [5, 5.41) is 9.37. The van der Waals surface area contributed by atoms with Crippen LogP contribution in [0.2, 0.25) is 0 Å². The van der Waals surface area contributed by atoms with Crippen molar-refractivity contribution >= 4 is 22.6 Å². The Morgan fingerprint density at radius 2 is 1.64 bits per heavy atom. The van der Waals surface area contributed by atoms with Gasteiger partial charge in [0.15, 0.2) is 5.69 Å². The molecule has 0 fully saturated rings. The first-order valence-electron chi connectivity index (χ1n) is 10.5. The highest BCUT2D eigenvalue weighted by atomic mass is 16.2. The minimum atomic E-state index is -0.598. The van der Waals surface area contributed by atoms with Crippen LogP contribution in [0, 0.1) is 6.92 Å². The van der Waals surface area contributed by atoms with Crippen molar-refractivity contribution in [2.24, 2.45) is 7.05 Å². The summed E-state index contributed by atoms with van der Waals surface area (Å²) in [5.74, 6) is -0.938. The van der Waals surface area contributed by atoms with Gasteiger partial charge in [0.2, 0.25) is 5.91 Å². The summed E-state index contributed by atoms with van der Waals surface area (Å²) < 4.78 is 2.96. The topological polar surface area (TPSA) is 111 Å². The molecule has 33 heavy (non-hydrogen) atoms. The number of fused-ring (bicyclic) bond motifs is 1. The Labute approximate surface area is 190 Å². The molecule has 0 aliphatic heterocycles. The van der Waals surface area contributed by atoms with Gasteiger partial charge in [-0.2, -0.15) is 10.2 Å². The molecule has 0 unspecified atom stereocenters. The van der Waals surface area contributed by atoms with E-state index in [0.29, 0.717) is 17.2 Å². The maximum atomic E-state index is 12.9. The Balaban J connectivity index is 1.51. The zero-order valence-electron chi connectivity index (χ0n) is 18.4. The molecule has 9 nitrogen and oxygen atoms in total. The number of aryl methyl sites for hydroxylation is 3. The van der Waals surface area contributed by atoms with Crippen LogP contribution in [0.25, 0.3) is 10.8 Å². The highest BCUT2D eigenvalue weighted by molar-refractivity contribution is 6.05. The molecule has 2 N–H and O–H groups in total. The third kappa shape index (κ3) is 4.98. The van der Waals surface area contributed by atoms with Gasteiger partial charge in [-0.1, -0.05) is 48.5 Å². The summed E-state index contributed by atoms with van der Waals surface area (Å²) >= 11 is 0. The number of hydrogen-bond donors (Lipinski definition) is 2. The van der Waals surface area contributed by atoms with Crippen molar-refractivity contribution in [1.82, 2.24) is 30.4 Å². The molecule has 2 aromatic heterocycles. The largest absolute Gasteiger partial charge is 0.290 e. The van der Waals surface area contributed by atoms with E-state index in [9.17, 15) is 14.4 Å². The second-order valence-corrected chi connectivity index (χ2v) is 7.76. The number of hydrogen-bond acceptors (Lipinski definition) is 5. The predicted molar refractivity (Wildman–Crippen MR) is 123 cm³/mol. The molecule has 0 aliphatic carbocycles. The number of hydrazine groups is 1. The third-order valence-corrected chi connectivity index (χ3v) is 5.31. The number of amides is 2. The van der Waals surface area contributed by atoms with Gasteiger partial charge in [0.25, 0.3) is 11.5 Å². The van der Waals surface area contributed by atoms with Crippen molar-refractivity contribution in [2.45, 2.75) is 26.3 Å². The van der Waals surface area contributed by atoms with Crippen LogP contribution in [0.5, 0.6) is 0 Å². The van der Waals surface area contributed by atoms with Gasteiger partial charge >= 0.3 is 0 Å². The first-order chi connectivity index (χ1) is 15.9. The molecule has 0 saturated carbocycles. The number of rotatable bonds is 6. The molecule has 2 heterocycles. The lowest BCUT2D eigenvalue weighted by molar-refractivity contribution is -0.121. The minimum absolute atomic E-state index is 0.0598. The highest BCUT2D eigenvalue weighted by Gasteiger charge is 2.17. The molecule has 4 rings (SSSR count). The molecule has 168 valence electrons. The number of carbonyl (C=O) groups is 2. The fraction of sp³-hybridized carbons (Fsp3) is 0.208. The molecule has 0 aliphatic rings. The molecule has 0 atom stereocenters. The van der Waals surface area contributed by atoms with E-state index < -0.39 is 5.91 Å². The molecule has 2 amide bonds. The van der Waals surface area contributed by atoms with E-state index in [1.807, 2.05) is 50.5 Å². The van der Waals surface area contributed by atoms with Crippen LogP contribution in [0.3, 0.4) is 0 Å². The van der Waals surface area contributed by atoms with E-state index in [-0.39, 0.29) is 30.1 Å². The van der Waals surface area contributed by atoms with Crippen LogP contribution >= 0.6 is 0 Å². The van der Waals surface area contributed by atoms with Gasteiger partial charge < -0.3 is 0 Å². The van der Waals surface area contributed by atoms with Gasteiger partial charge in [-0.05, 0) is 30.5 Å². The van der Waals surface area contributed by atoms with E-state index in [1.165, 1.54) is 4.68 Å². The molecule has 2 aromatic carbocycles. The number of nitrogens with one attached hydrogen (secondary N) is 2.